The molecule has 1 heterocycles. The quantitative estimate of drug-likeness (QED) is 0.507. The molecule has 0 aliphatic carbocycles. The molecular formula is C17H30N4O5. The summed E-state index contributed by atoms with van der Waals surface area (Å²) in [6.45, 7) is 9.42. The predicted octanol–water partition coefficient (Wildman–Crippen LogP) is -0.711. The molecule has 0 saturated carbocycles. The molecule has 9 nitrogen and oxygen atoms in total. The van der Waals surface area contributed by atoms with Crippen LogP contribution in [0.2, 0.25) is 0 Å². The molecule has 0 aromatic heterocycles. The van der Waals surface area contributed by atoms with Gasteiger partial charge in [-0.1, -0.05) is 0 Å². The van der Waals surface area contributed by atoms with Gasteiger partial charge in [-0.15, -0.1) is 0 Å². The lowest BCUT2D eigenvalue weighted by Gasteiger charge is -2.37. The van der Waals surface area contributed by atoms with Crippen LogP contribution in [0.1, 0.15) is 47.5 Å². The first-order chi connectivity index (χ1) is 11.8. The number of carbonyl (C=O) groups is 4. The van der Waals surface area contributed by atoms with Crippen LogP contribution in [0.4, 0.5) is 0 Å². The highest BCUT2D eigenvalue weighted by Crippen LogP contribution is 2.13. The third-order valence-electron chi connectivity index (χ3n) is 3.81. The Balaban J connectivity index is 2.73. The molecule has 3 amide bonds. The predicted molar refractivity (Wildman–Crippen MR) is 94.9 cm³/mol. The summed E-state index contributed by atoms with van der Waals surface area (Å²) in [6, 6.07) is -1.000. The summed E-state index contributed by atoms with van der Waals surface area (Å²) < 4.78 is 5.28. The Bertz CT molecular complexity index is 568. The number of carbonyl (C=O) groups excluding carboxylic acids is 4. The number of piperazine rings is 1. The van der Waals surface area contributed by atoms with Crippen molar-refractivity contribution in [3.63, 3.8) is 0 Å². The van der Waals surface area contributed by atoms with Crippen LogP contribution in [0.15, 0.2) is 0 Å². The van der Waals surface area contributed by atoms with Gasteiger partial charge in [0.1, 0.15) is 11.6 Å². The Morgan fingerprint density at radius 3 is 2.50 bits per heavy atom. The SMILES string of the molecule is CC(C)(C)OC(=O)C(CCC(N)=O)NC(=O)CN1CCNC(C)(C)C1=O. The summed E-state index contributed by atoms with van der Waals surface area (Å²) in [7, 11) is 0. The molecule has 4 N–H and O–H groups in total. The normalized spacial score (nSPS) is 18.2. The summed E-state index contributed by atoms with van der Waals surface area (Å²) in [5.74, 6) is -1.90. The number of esters is 1. The molecule has 0 aromatic rings. The van der Waals surface area contributed by atoms with Gasteiger partial charge < -0.3 is 26.0 Å². The number of rotatable bonds is 7. The van der Waals surface area contributed by atoms with Crippen molar-refractivity contribution in [2.75, 3.05) is 19.6 Å². The summed E-state index contributed by atoms with van der Waals surface area (Å²) >= 11 is 0. The van der Waals surface area contributed by atoms with E-state index in [-0.39, 0.29) is 25.3 Å². The summed E-state index contributed by atoms with van der Waals surface area (Å²) in [5, 5.41) is 5.63. The molecule has 0 aromatic carbocycles. The maximum Gasteiger partial charge on any atom is 0.329 e. The number of primary amides is 1. The van der Waals surface area contributed by atoms with Crippen molar-refractivity contribution in [3.05, 3.63) is 0 Å². The van der Waals surface area contributed by atoms with E-state index in [1.165, 1.54) is 4.90 Å². The van der Waals surface area contributed by atoms with E-state index in [2.05, 4.69) is 10.6 Å². The number of hydrogen-bond acceptors (Lipinski definition) is 6. The first-order valence-corrected chi connectivity index (χ1v) is 8.67. The monoisotopic (exact) mass is 370 g/mol. The standard InChI is InChI=1S/C17H30N4O5/c1-16(2,3)26-14(24)11(6-7-12(18)22)20-13(23)10-21-9-8-19-17(4,5)15(21)25/h11,19H,6-10H2,1-5H3,(H2,18,22)(H,20,23). The van der Waals surface area contributed by atoms with Gasteiger partial charge in [0.05, 0.1) is 12.1 Å². The van der Waals surface area contributed by atoms with E-state index in [0.29, 0.717) is 13.1 Å². The number of amides is 3. The molecule has 0 bridgehead atoms. The zero-order chi connectivity index (χ0) is 20.1. The second kappa shape index (κ2) is 8.48. The summed E-state index contributed by atoms with van der Waals surface area (Å²) in [5.41, 5.74) is 3.66. The van der Waals surface area contributed by atoms with Crippen molar-refractivity contribution in [2.45, 2.75) is 64.6 Å². The lowest BCUT2D eigenvalue weighted by Crippen LogP contribution is -2.62. The van der Waals surface area contributed by atoms with E-state index in [1.807, 2.05) is 0 Å². The molecule has 0 radical (unpaired) electrons. The number of nitrogens with two attached hydrogens (primary N) is 1. The van der Waals surface area contributed by atoms with Crippen LogP contribution in [-0.4, -0.2) is 65.4 Å². The molecule has 1 saturated heterocycles. The van der Waals surface area contributed by atoms with E-state index in [4.69, 9.17) is 10.5 Å². The van der Waals surface area contributed by atoms with Crippen LogP contribution >= 0.6 is 0 Å². The van der Waals surface area contributed by atoms with E-state index in [1.54, 1.807) is 34.6 Å². The molecule has 1 unspecified atom stereocenters. The van der Waals surface area contributed by atoms with Gasteiger partial charge in [-0.05, 0) is 41.0 Å². The maximum absolute atomic E-state index is 12.3. The Morgan fingerprint density at radius 1 is 1.35 bits per heavy atom. The van der Waals surface area contributed by atoms with Gasteiger partial charge in [0.25, 0.3) is 0 Å². The molecule has 0 spiro atoms. The van der Waals surface area contributed by atoms with Crippen molar-refractivity contribution in [1.82, 2.24) is 15.5 Å². The number of ether oxygens (including phenoxy) is 1. The second-order valence-electron chi connectivity index (χ2n) is 7.94. The van der Waals surface area contributed by atoms with E-state index in [9.17, 15) is 19.2 Å². The van der Waals surface area contributed by atoms with E-state index < -0.39 is 35.0 Å². The van der Waals surface area contributed by atoms with Crippen LogP contribution in [-0.2, 0) is 23.9 Å². The van der Waals surface area contributed by atoms with E-state index in [0.717, 1.165) is 0 Å². The fourth-order valence-electron chi connectivity index (χ4n) is 2.55. The van der Waals surface area contributed by atoms with Gasteiger partial charge in [-0.2, -0.15) is 0 Å². The molecule has 9 heteroatoms. The maximum atomic E-state index is 12.3. The molecule has 148 valence electrons. The highest BCUT2D eigenvalue weighted by Gasteiger charge is 2.36. The smallest absolute Gasteiger partial charge is 0.329 e. The van der Waals surface area contributed by atoms with Crippen molar-refractivity contribution in [1.29, 1.82) is 0 Å². The summed E-state index contributed by atoms with van der Waals surface area (Å²) in [6.07, 6.45) is -0.0270. The van der Waals surface area contributed by atoms with Crippen molar-refractivity contribution in [3.8, 4) is 0 Å². The third kappa shape index (κ3) is 6.99. The van der Waals surface area contributed by atoms with Crippen LogP contribution in [0, 0.1) is 0 Å². The first kappa shape index (κ1) is 21.9. The van der Waals surface area contributed by atoms with Gasteiger partial charge in [0.15, 0.2) is 0 Å². The highest BCUT2D eigenvalue weighted by molar-refractivity contribution is 5.92. The minimum atomic E-state index is -1.000. The Labute approximate surface area is 154 Å². The molecule has 1 atom stereocenters. The summed E-state index contributed by atoms with van der Waals surface area (Å²) in [4.78, 5) is 49.4. The minimum Gasteiger partial charge on any atom is -0.458 e. The number of nitrogens with one attached hydrogen (secondary N) is 2. The molecule has 26 heavy (non-hydrogen) atoms. The van der Waals surface area contributed by atoms with Crippen molar-refractivity contribution < 1.29 is 23.9 Å². The number of hydrogen-bond donors (Lipinski definition) is 3. The molecule has 1 fully saturated rings. The zero-order valence-electron chi connectivity index (χ0n) is 16.2. The zero-order valence-corrected chi connectivity index (χ0v) is 16.2. The van der Waals surface area contributed by atoms with Crippen LogP contribution < -0.4 is 16.4 Å². The Morgan fingerprint density at radius 2 is 1.96 bits per heavy atom. The van der Waals surface area contributed by atoms with Gasteiger partial charge in [-0.25, -0.2) is 4.79 Å². The van der Waals surface area contributed by atoms with Gasteiger partial charge in [0.2, 0.25) is 17.7 Å². The highest BCUT2D eigenvalue weighted by atomic mass is 16.6. The Kier molecular flexibility index (Phi) is 7.14. The third-order valence-corrected chi connectivity index (χ3v) is 3.81. The van der Waals surface area contributed by atoms with E-state index >= 15 is 0 Å². The second-order valence-corrected chi connectivity index (χ2v) is 7.94. The lowest BCUT2D eigenvalue weighted by molar-refractivity contribution is -0.159. The average molecular weight is 370 g/mol. The molecule has 1 aliphatic rings. The fraction of sp³-hybridized carbons (Fsp3) is 0.765. The van der Waals surface area contributed by atoms with Crippen LogP contribution in [0.25, 0.3) is 0 Å². The van der Waals surface area contributed by atoms with Crippen molar-refractivity contribution >= 4 is 23.7 Å². The van der Waals surface area contributed by atoms with Crippen LogP contribution in [0.3, 0.4) is 0 Å². The van der Waals surface area contributed by atoms with Crippen LogP contribution in [0.5, 0.6) is 0 Å². The molecule has 1 aliphatic heterocycles. The van der Waals surface area contributed by atoms with Gasteiger partial charge in [-0.3, -0.25) is 14.4 Å². The fourth-order valence-corrected chi connectivity index (χ4v) is 2.55. The van der Waals surface area contributed by atoms with Crippen molar-refractivity contribution in [2.24, 2.45) is 5.73 Å². The Hall–Kier alpha value is -2.16. The van der Waals surface area contributed by atoms with Gasteiger partial charge in [0, 0.05) is 19.5 Å². The minimum absolute atomic E-state index is 0.0387. The largest absolute Gasteiger partial charge is 0.458 e. The first-order valence-electron chi connectivity index (χ1n) is 8.67. The molecular weight excluding hydrogens is 340 g/mol. The lowest BCUT2D eigenvalue weighted by atomic mass is 10.0. The molecule has 1 rings (SSSR count). The number of nitrogens with zero attached hydrogens (tertiary/aromatic N) is 1. The van der Waals surface area contributed by atoms with Gasteiger partial charge >= 0.3 is 5.97 Å². The average Bonchev–Trinajstić information content (AvgIpc) is 2.46. The topological polar surface area (TPSA) is 131 Å².